The Labute approximate surface area is 90.4 Å². The van der Waals surface area contributed by atoms with Gasteiger partial charge in [-0.15, -0.1) is 0 Å². The lowest BCUT2D eigenvalue weighted by molar-refractivity contribution is 0.0882. The van der Waals surface area contributed by atoms with Crippen LogP contribution < -0.4 is 10.5 Å². The maximum absolute atomic E-state index is 5.65. The second kappa shape index (κ2) is 5.68. The SMILES string of the molecule is COCC(C)Oc1nccc(C)c1CN. The lowest BCUT2D eigenvalue weighted by Crippen LogP contribution is -2.20. The molecule has 0 radical (unpaired) electrons. The lowest BCUT2D eigenvalue weighted by atomic mass is 10.1. The van der Waals surface area contributed by atoms with E-state index in [1.54, 1.807) is 13.3 Å². The molecule has 1 aromatic heterocycles. The number of hydrogen-bond acceptors (Lipinski definition) is 4. The first-order valence-corrected chi connectivity index (χ1v) is 4.99. The quantitative estimate of drug-likeness (QED) is 0.795. The summed E-state index contributed by atoms with van der Waals surface area (Å²) >= 11 is 0. The molecule has 84 valence electrons. The van der Waals surface area contributed by atoms with E-state index in [0.717, 1.165) is 11.1 Å². The molecule has 15 heavy (non-hydrogen) atoms. The summed E-state index contributed by atoms with van der Waals surface area (Å²) < 4.78 is 10.6. The fourth-order valence-corrected chi connectivity index (χ4v) is 1.37. The third kappa shape index (κ3) is 3.18. The van der Waals surface area contributed by atoms with E-state index in [1.165, 1.54) is 0 Å². The van der Waals surface area contributed by atoms with E-state index in [4.69, 9.17) is 15.2 Å². The van der Waals surface area contributed by atoms with Crippen molar-refractivity contribution in [2.24, 2.45) is 5.73 Å². The van der Waals surface area contributed by atoms with Gasteiger partial charge in [0.2, 0.25) is 5.88 Å². The molecule has 1 unspecified atom stereocenters. The van der Waals surface area contributed by atoms with Crippen molar-refractivity contribution in [1.29, 1.82) is 0 Å². The van der Waals surface area contributed by atoms with E-state index >= 15 is 0 Å². The zero-order valence-corrected chi connectivity index (χ0v) is 9.49. The summed E-state index contributed by atoms with van der Waals surface area (Å²) in [5.41, 5.74) is 7.71. The summed E-state index contributed by atoms with van der Waals surface area (Å²) in [5.74, 6) is 0.613. The maximum Gasteiger partial charge on any atom is 0.218 e. The Balaban J connectivity index is 2.80. The molecule has 0 saturated carbocycles. The van der Waals surface area contributed by atoms with Crippen LogP contribution in [0, 0.1) is 6.92 Å². The number of aromatic nitrogens is 1. The van der Waals surface area contributed by atoms with Crippen LogP contribution in [0.15, 0.2) is 12.3 Å². The van der Waals surface area contributed by atoms with Crippen LogP contribution in [0.25, 0.3) is 0 Å². The van der Waals surface area contributed by atoms with Crippen LogP contribution in [0.3, 0.4) is 0 Å². The van der Waals surface area contributed by atoms with Gasteiger partial charge in [-0.3, -0.25) is 0 Å². The molecule has 1 aromatic rings. The number of nitrogens with zero attached hydrogens (tertiary/aromatic N) is 1. The molecule has 1 atom stereocenters. The first-order chi connectivity index (χ1) is 7.19. The highest BCUT2D eigenvalue weighted by Crippen LogP contribution is 2.19. The van der Waals surface area contributed by atoms with Gasteiger partial charge in [0.25, 0.3) is 0 Å². The molecule has 0 aliphatic rings. The third-order valence-electron chi connectivity index (χ3n) is 2.17. The molecule has 0 aliphatic heterocycles. The van der Waals surface area contributed by atoms with Crippen LogP contribution in [0.1, 0.15) is 18.1 Å². The highest BCUT2D eigenvalue weighted by atomic mass is 16.5. The Morgan fingerprint density at radius 3 is 2.87 bits per heavy atom. The lowest BCUT2D eigenvalue weighted by Gasteiger charge is -2.16. The molecule has 0 saturated heterocycles. The topological polar surface area (TPSA) is 57.4 Å². The first kappa shape index (κ1) is 11.9. The number of methoxy groups -OCH3 is 1. The Bertz CT molecular complexity index is 315. The highest BCUT2D eigenvalue weighted by Gasteiger charge is 2.10. The molecule has 0 fully saturated rings. The van der Waals surface area contributed by atoms with Crippen LogP contribution >= 0.6 is 0 Å². The van der Waals surface area contributed by atoms with Crippen LogP contribution in [0.5, 0.6) is 5.88 Å². The van der Waals surface area contributed by atoms with Gasteiger partial charge in [-0.25, -0.2) is 4.98 Å². The van der Waals surface area contributed by atoms with Crippen molar-refractivity contribution in [3.05, 3.63) is 23.4 Å². The van der Waals surface area contributed by atoms with Crippen LogP contribution in [0.2, 0.25) is 0 Å². The van der Waals surface area contributed by atoms with Gasteiger partial charge in [0.05, 0.1) is 6.61 Å². The number of ether oxygens (including phenoxy) is 2. The predicted octanol–water partition coefficient (Wildman–Crippen LogP) is 1.26. The highest BCUT2D eigenvalue weighted by molar-refractivity contribution is 5.33. The molecule has 1 rings (SSSR count). The molecular weight excluding hydrogens is 192 g/mol. The van der Waals surface area contributed by atoms with Gasteiger partial charge in [-0.1, -0.05) is 0 Å². The monoisotopic (exact) mass is 210 g/mol. The minimum absolute atomic E-state index is 0.0189. The number of rotatable bonds is 5. The molecule has 4 heteroatoms. The average Bonchev–Trinajstić information content (AvgIpc) is 2.18. The van der Waals surface area contributed by atoms with Crippen molar-refractivity contribution < 1.29 is 9.47 Å². The number of nitrogens with two attached hydrogens (primary N) is 1. The van der Waals surface area contributed by atoms with Gasteiger partial charge in [0, 0.05) is 25.4 Å². The summed E-state index contributed by atoms with van der Waals surface area (Å²) in [5, 5.41) is 0. The van der Waals surface area contributed by atoms with Crippen LogP contribution in [-0.4, -0.2) is 24.8 Å². The molecule has 4 nitrogen and oxygen atoms in total. The van der Waals surface area contributed by atoms with Crippen molar-refractivity contribution in [2.45, 2.75) is 26.5 Å². The number of aryl methyl sites for hydroxylation is 1. The van der Waals surface area contributed by atoms with E-state index in [1.807, 2.05) is 19.9 Å². The zero-order chi connectivity index (χ0) is 11.3. The summed E-state index contributed by atoms with van der Waals surface area (Å²) in [6.07, 6.45) is 1.71. The van der Waals surface area contributed by atoms with Crippen LogP contribution in [-0.2, 0) is 11.3 Å². The van der Waals surface area contributed by atoms with Crippen LogP contribution in [0.4, 0.5) is 0 Å². The summed E-state index contributed by atoms with van der Waals surface area (Å²) in [6, 6.07) is 1.93. The number of hydrogen-bond donors (Lipinski definition) is 1. The number of pyridine rings is 1. The molecule has 1 heterocycles. The summed E-state index contributed by atoms with van der Waals surface area (Å²) in [4.78, 5) is 4.17. The van der Waals surface area contributed by atoms with Gasteiger partial charge < -0.3 is 15.2 Å². The molecule has 0 aromatic carbocycles. The summed E-state index contributed by atoms with van der Waals surface area (Å²) in [6.45, 7) is 4.92. The average molecular weight is 210 g/mol. The minimum Gasteiger partial charge on any atom is -0.472 e. The Hall–Kier alpha value is -1.13. The second-order valence-electron chi connectivity index (χ2n) is 3.50. The van der Waals surface area contributed by atoms with E-state index in [2.05, 4.69) is 4.98 Å². The third-order valence-corrected chi connectivity index (χ3v) is 2.17. The van der Waals surface area contributed by atoms with Crippen molar-refractivity contribution in [3.8, 4) is 5.88 Å². The minimum atomic E-state index is -0.0189. The van der Waals surface area contributed by atoms with Gasteiger partial charge in [0.1, 0.15) is 6.10 Å². The fraction of sp³-hybridized carbons (Fsp3) is 0.545. The van der Waals surface area contributed by atoms with Crippen molar-refractivity contribution in [2.75, 3.05) is 13.7 Å². The van der Waals surface area contributed by atoms with Crippen molar-refractivity contribution in [3.63, 3.8) is 0 Å². The molecule has 0 spiro atoms. The van der Waals surface area contributed by atoms with Gasteiger partial charge >= 0.3 is 0 Å². The van der Waals surface area contributed by atoms with Gasteiger partial charge in [0.15, 0.2) is 0 Å². The normalized spacial score (nSPS) is 12.5. The maximum atomic E-state index is 5.65. The Morgan fingerprint density at radius 1 is 1.53 bits per heavy atom. The molecule has 0 aliphatic carbocycles. The standard InChI is InChI=1S/C11H18N2O2/c1-8-4-5-13-11(10(8)6-12)15-9(2)7-14-3/h4-5,9H,6-7,12H2,1-3H3. The van der Waals surface area contributed by atoms with E-state index < -0.39 is 0 Å². The van der Waals surface area contributed by atoms with Gasteiger partial charge in [-0.2, -0.15) is 0 Å². The van der Waals surface area contributed by atoms with Crippen molar-refractivity contribution in [1.82, 2.24) is 4.98 Å². The molecule has 0 amide bonds. The largest absolute Gasteiger partial charge is 0.472 e. The second-order valence-corrected chi connectivity index (χ2v) is 3.50. The smallest absolute Gasteiger partial charge is 0.218 e. The summed E-state index contributed by atoms with van der Waals surface area (Å²) in [7, 11) is 1.65. The first-order valence-electron chi connectivity index (χ1n) is 4.99. The molecule has 2 N–H and O–H groups in total. The molecule has 0 bridgehead atoms. The van der Waals surface area contributed by atoms with E-state index in [9.17, 15) is 0 Å². The fourth-order valence-electron chi connectivity index (χ4n) is 1.37. The van der Waals surface area contributed by atoms with E-state index in [-0.39, 0.29) is 6.10 Å². The predicted molar refractivity (Wildman–Crippen MR) is 58.8 cm³/mol. The molecular formula is C11H18N2O2. The van der Waals surface area contributed by atoms with Crippen molar-refractivity contribution >= 4 is 0 Å². The zero-order valence-electron chi connectivity index (χ0n) is 9.49. The Morgan fingerprint density at radius 2 is 2.27 bits per heavy atom. The Kier molecular flexibility index (Phi) is 4.52. The van der Waals surface area contributed by atoms with E-state index in [0.29, 0.717) is 19.0 Å². The van der Waals surface area contributed by atoms with Gasteiger partial charge in [-0.05, 0) is 25.5 Å².